The summed E-state index contributed by atoms with van der Waals surface area (Å²) in [4.78, 5) is 17.6. The molecule has 0 atom stereocenters. The van der Waals surface area contributed by atoms with Crippen LogP contribution in [0, 0.1) is 9.39 Å². The molecular weight excluding hydrogens is 396 g/mol. The van der Waals surface area contributed by atoms with Gasteiger partial charge in [0.2, 0.25) is 5.91 Å². The number of rotatable bonds is 4. The highest BCUT2D eigenvalue weighted by Crippen LogP contribution is 2.23. The first-order valence-electron chi connectivity index (χ1n) is 6.04. The van der Waals surface area contributed by atoms with Crippen molar-refractivity contribution in [2.24, 2.45) is 0 Å². The van der Waals surface area contributed by atoms with E-state index >= 15 is 0 Å². The van der Waals surface area contributed by atoms with E-state index in [9.17, 15) is 9.18 Å². The predicted molar refractivity (Wildman–Crippen MR) is 85.3 cm³/mol. The lowest BCUT2D eigenvalue weighted by Gasteiger charge is -2.12. The molecule has 7 heteroatoms. The number of nitrogens with zero attached hydrogens (tertiary/aromatic N) is 3. The summed E-state index contributed by atoms with van der Waals surface area (Å²) in [6.45, 7) is 0.440. The zero-order chi connectivity index (χ0) is 14.9. The lowest BCUT2D eigenvalue weighted by molar-refractivity contribution is -0.128. The molecule has 0 saturated carbocycles. The molecule has 0 unspecified atom stereocenters. The van der Waals surface area contributed by atoms with E-state index in [-0.39, 0.29) is 17.6 Å². The highest BCUT2D eigenvalue weighted by molar-refractivity contribution is 14.1. The van der Waals surface area contributed by atoms with Gasteiger partial charge in [-0.25, -0.2) is 9.37 Å². The van der Waals surface area contributed by atoms with E-state index in [0.717, 1.165) is 0 Å². The standard InChI is InChI=1S/C13H14ClFIN3O/c1-18(2)13(20)3-4-19-11-5-8(15)9(16)6-10(11)17-12(19)7-14/h5-6H,3-4,7H2,1-2H3. The van der Waals surface area contributed by atoms with E-state index in [1.165, 1.54) is 11.0 Å². The topological polar surface area (TPSA) is 38.1 Å². The number of hydrogen-bond donors (Lipinski definition) is 0. The molecule has 0 saturated heterocycles. The third-order valence-corrected chi connectivity index (χ3v) is 4.10. The first-order chi connectivity index (χ1) is 9.43. The average Bonchev–Trinajstić information content (AvgIpc) is 2.73. The van der Waals surface area contributed by atoms with Gasteiger partial charge in [0, 0.05) is 33.1 Å². The zero-order valence-corrected chi connectivity index (χ0v) is 14.1. The largest absolute Gasteiger partial charge is 0.349 e. The third kappa shape index (κ3) is 3.06. The van der Waals surface area contributed by atoms with Crippen molar-refractivity contribution in [2.75, 3.05) is 14.1 Å². The SMILES string of the molecule is CN(C)C(=O)CCn1c(CCl)nc2cc(I)c(F)cc21. The molecular formula is C13H14ClFIN3O. The number of carbonyl (C=O) groups is 1. The first kappa shape index (κ1) is 15.5. The molecule has 0 radical (unpaired) electrons. The van der Waals surface area contributed by atoms with E-state index in [0.29, 0.717) is 33.4 Å². The summed E-state index contributed by atoms with van der Waals surface area (Å²) in [5, 5.41) is 0. The van der Waals surface area contributed by atoms with Gasteiger partial charge in [-0.1, -0.05) is 0 Å². The molecule has 0 aliphatic rings. The summed E-state index contributed by atoms with van der Waals surface area (Å²) in [6.07, 6.45) is 0.329. The molecule has 1 aromatic heterocycles. The van der Waals surface area contributed by atoms with Gasteiger partial charge >= 0.3 is 0 Å². The number of aryl methyl sites for hydroxylation is 1. The zero-order valence-electron chi connectivity index (χ0n) is 11.2. The van der Waals surface area contributed by atoms with Gasteiger partial charge in [0.25, 0.3) is 0 Å². The van der Waals surface area contributed by atoms with E-state index < -0.39 is 0 Å². The van der Waals surface area contributed by atoms with Crippen LogP contribution in [0.25, 0.3) is 11.0 Å². The van der Waals surface area contributed by atoms with E-state index in [4.69, 9.17) is 11.6 Å². The Balaban J connectivity index is 2.40. The first-order valence-corrected chi connectivity index (χ1v) is 7.65. The quantitative estimate of drug-likeness (QED) is 0.575. The highest BCUT2D eigenvalue weighted by atomic mass is 127. The second-order valence-electron chi connectivity index (χ2n) is 4.61. The van der Waals surface area contributed by atoms with Crippen LogP contribution < -0.4 is 0 Å². The fourth-order valence-electron chi connectivity index (χ4n) is 1.95. The van der Waals surface area contributed by atoms with E-state index in [1.54, 1.807) is 20.2 Å². The predicted octanol–water partition coefficient (Wildman–Crippen LogP) is 3.00. The van der Waals surface area contributed by atoms with Gasteiger partial charge in [0.1, 0.15) is 11.6 Å². The molecule has 0 bridgehead atoms. The smallest absolute Gasteiger partial charge is 0.223 e. The van der Waals surface area contributed by atoms with Crippen LogP contribution in [0.4, 0.5) is 4.39 Å². The number of alkyl halides is 1. The molecule has 2 rings (SSSR count). The van der Waals surface area contributed by atoms with Crippen LogP contribution in [-0.4, -0.2) is 34.5 Å². The normalized spacial score (nSPS) is 11.1. The number of amides is 1. The van der Waals surface area contributed by atoms with Gasteiger partial charge in [-0.2, -0.15) is 0 Å². The lowest BCUT2D eigenvalue weighted by Crippen LogP contribution is -2.23. The number of halogens is 3. The van der Waals surface area contributed by atoms with Gasteiger partial charge in [0.05, 0.1) is 20.5 Å². The van der Waals surface area contributed by atoms with Gasteiger partial charge in [-0.05, 0) is 28.7 Å². The van der Waals surface area contributed by atoms with Gasteiger partial charge < -0.3 is 9.47 Å². The summed E-state index contributed by atoms with van der Waals surface area (Å²) in [7, 11) is 3.41. The van der Waals surface area contributed by atoms with Crippen LogP contribution in [0.3, 0.4) is 0 Å². The fourth-order valence-corrected chi connectivity index (χ4v) is 2.61. The second-order valence-corrected chi connectivity index (χ2v) is 6.04. The number of imidazole rings is 1. The highest BCUT2D eigenvalue weighted by Gasteiger charge is 2.14. The molecule has 0 fully saturated rings. The van der Waals surface area contributed by atoms with Crippen LogP contribution >= 0.6 is 34.2 Å². The van der Waals surface area contributed by atoms with Crippen LogP contribution in [0.15, 0.2) is 12.1 Å². The fraction of sp³-hybridized carbons (Fsp3) is 0.385. The Kier molecular flexibility index (Phi) is 4.85. The molecule has 1 aromatic carbocycles. The molecule has 108 valence electrons. The number of aromatic nitrogens is 2. The van der Waals surface area contributed by atoms with E-state index in [1.807, 2.05) is 27.2 Å². The number of benzene rings is 1. The minimum Gasteiger partial charge on any atom is -0.349 e. The Morgan fingerprint density at radius 2 is 2.20 bits per heavy atom. The van der Waals surface area contributed by atoms with Crippen molar-refractivity contribution in [1.29, 1.82) is 0 Å². The minimum absolute atomic E-state index is 0.0124. The van der Waals surface area contributed by atoms with Crippen molar-refractivity contribution < 1.29 is 9.18 Å². The second kappa shape index (κ2) is 6.26. The van der Waals surface area contributed by atoms with Crippen LogP contribution in [0.2, 0.25) is 0 Å². The number of hydrogen-bond acceptors (Lipinski definition) is 2. The Labute approximate surface area is 135 Å². The summed E-state index contributed by atoms with van der Waals surface area (Å²) < 4.78 is 16.0. The Hall–Kier alpha value is -0.890. The van der Waals surface area contributed by atoms with Crippen LogP contribution in [0.1, 0.15) is 12.2 Å². The number of carbonyl (C=O) groups excluding carboxylic acids is 1. The number of fused-ring (bicyclic) bond motifs is 1. The monoisotopic (exact) mass is 409 g/mol. The molecule has 1 amide bonds. The lowest BCUT2D eigenvalue weighted by atomic mass is 10.3. The summed E-state index contributed by atoms with van der Waals surface area (Å²) >= 11 is 7.81. The molecule has 20 heavy (non-hydrogen) atoms. The Bertz CT molecular complexity index is 657. The van der Waals surface area contributed by atoms with Gasteiger partial charge in [-0.3, -0.25) is 4.79 Å². The van der Waals surface area contributed by atoms with Crippen molar-refractivity contribution in [2.45, 2.75) is 18.8 Å². The Morgan fingerprint density at radius 3 is 2.80 bits per heavy atom. The van der Waals surface area contributed by atoms with E-state index in [2.05, 4.69) is 4.98 Å². The summed E-state index contributed by atoms with van der Waals surface area (Å²) in [6, 6.07) is 3.13. The Morgan fingerprint density at radius 1 is 1.50 bits per heavy atom. The minimum atomic E-state index is -0.292. The van der Waals surface area contributed by atoms with Crippen LogP contribution in [0.5, 0.6) is 0 Å². The maximum Gasteiger partial charge on any atom is 0.223 e. The van der Waals surface area contributed by atoms with Crippen molar-refractivity contribution in [1.82, 2.24) is 14.5 Å². The maximum absolute atomic E-state index is 13.7. The van der Waals surface area contributed by atoms with Crippen LogP contribution in [-0.2, 0) is 17.2 Å². The average molecular weight is 410 g/mol. The van der Waals surface area contributed by atoms with Crippen molar-refractivity contribution in [3.05, 3.63) is 27.3 Å². The van der Waals surface area contributed by atoms with Crippen molar-refractivity contribution in [3.63, 3.8) is 0 Å². The molecule has 4 nitrogen and oxygen atoms in total. The van der Waals surface area contributed by atoms with Gasteiger partial charge in [0.15, 0.2) is 0 Å². The molecule has 0 spiro atoms. The molecule has 0 aliphatic carbocycles. The van der Waals surface area contributed by atoms with Crippen molar-refractivity contribution >= 4 is 51.1 Å². The summed E-state index contributed by atoms with van der Waals surface area (Å²) in [5.41, 5.74) is 1.37. The maximum atomic E-state index is 13.7. The van der Waals surface area contributed by atoms with Crippen molar-refractivity contribution in [3.8, 4) is 0 Å². The molecule has 0 N–H and O–H groups in total. The third-order valence-electron chi connectivity index (χ3n) is 3.04. The summed E-state index contributed by atoms with van der Waals surface area (Å²) in [5.74, 6) is 0.593. The molecule has 2 aromatic rings. The van der Waals surface area contributed by atoms with Gasteiger partial charge in [-0.15, -0.1) is 11.6 Å². The molecule has 0 aliphatic heterocycles. The molecule has 1 heterocycles.